The lowest BCUT2D eigenvalue weighted by Crippen LogP contribution is -2.54. The third-order valence-corrected chi connectivity index (χ3v) is 8.39. The van der Waals surface area contributed by atoms with Gasteiger partial charge in [0.25, 0.3) is 5.91 Å². The smallest absolute Gasteiger partial charge is 0.264 e. The summed E-state index contributed by atoms with van der Waals surface area (Å²) in [6.45, 7) is 2.24. The van der Waals surface area contributed by atoms with Crippen molar-refractivity contribution >= 4 is 5.91 Å². The minimum absolute atomic E-state index is 0.128. The predicted molar refractivity (Wildman–Crippen MR) is 130 cm³/mol. The molecule has 0 saturated heterocycles. The van der Waals surface area contributed by atoms with Crippen LogP contribution in [0.5, 0.6) is 0 Å². The van der Waals surface area contributed by atoms with Gasteiger partial charge >= 0.3 is 0 Å². The van der Waals surface area contributed by atoms with Crippen molar-refractivity contribution < 1.29 is 4.79 Å². The highest BCUT2D eigenvalue weighted by Gasteiger charge is 2.53. The second-order valence-electron chi connectivity index (χ2n) is 10.6. The van der Waals surface area contributed by atoms with E-state index in [4.69, 9.17) is 0 Å². The molecule has 1 amide bonds. The van der Waals surface area contributed by atoms with E-state index in [1.807, 2.05) is 60.7 Å². The second-order valence-corrected chi connectivity index (χ2v) is 10.6. The van der Waals surface area contributed by atoms with Crippen molar-refractivity contribution in [2.45, 2.75) is 57.5 Å². The lowest BCUT2D eigenvalue weighted by molar-refractivity contribution is -0.117. The molecule has 2 aromatic rings. The highest BCUT2D eigenvalue weighted by Crippen LogP contribution is 2.61. The van der Waals surface area contributed by atoms with Crippen molar-refractivity contribution in [3.8, 4) is 6.07 Å². The second kappa shape index (κ2) is 9.06. The largest absolute Gasteiger partial charge is 0.387 e. The van der Waals surface area contributed by atoms with Crippen LogP contribution in [0.2, 0.25) is 0 Å². The Labute approximate surface area is 197 Å². The molecule has 170 valence electrons. The van der Waals surface area contributed by atoms with Gasteiger partial charge in [-0.1, -0.05) is 60.7 Å². The molecule has 4 saturated carbocycles. The molecule has 4 fully saturated rings. The van der Waals surface area contributed by atoms with E-state index in [-0.39, 0.29) is 23.6 Å². The average molecular weight is 440 g/mol. The fourth-order valence-corrected chi connectivity index (χ4v) is 7.10. The number of nitriles is 1. The number of benzene rings is 2. The van der Waals surface area contributed by atoms with E-state index in [0.29, 0.717) is 5.41 Å². The monoisotopic (exact) mass is 439 g/mol. The maximum Gasteiger partial charge on any atom is 0.264 e. The first kappa shape index (κ1) is 21.8. The molecule has 4 aliphatic carbocycles. The fraction of sp³-hybridized carbons (Fsp3) is 0.448. The Hall–Kier alpha value is -3.06. The van der Waals surface area contributed by atoms with Crippen molar-refractivity contribution in [1.82, 2.24) is 10.6 Å². The summed E-state index contributed by atoms with van der Waals surface area (Å²) in [5.41, 5.74) is 2.43. The molecule has 2 N–H and O–H groups in total. The summed E-state index contributed by atoms with van der Waals surface area (Å²) in [5.74, 6) is 2.28. The maximum atomic E-state index is 13.1. The molecule has 1 atom stereocenters. The predicted octanol–water partition coefficient (Wildman–Crippen LogP) is 5.49. The zero-order chi connectivity index (χ0) is 22.8. The van der Waals surface area contributed by atoms with E-state index in [2.05, 4.69) is 23.6 Å². The number of nitrogens with zero attached hydrogens (tertiary/aromatic N) is 1. The first-order chi connectivity index (χ1) is 16.1. The zero-order valence-electron chi connectivity index (χ0n) is 19.3. The van der Waals surface area contributed by atoms with E-state index >= 15 is 0 Å². The Morgan fingerprint density at radius 2 is 1.42 bits per heavy atom. The van der Waals surface area contributed by atoms with Crippen LogP contribution in [0.25, 0.3) is 0 Å². The van der Waals surface area contributed by atoms with Gasteiger partial charge < -0.3 is 10.6 Å². The number of hydrogen-bond acceptors (Lipinski definition) is 3. The molecule has 4 aliphatic rings. The zero-order valence-corrected chi connectivity index (χ0v) is 19.3. The summed E-state index contributed by atoms with van der Waals surface area (Å²) in [7, 11) is 0. The number of carbonyl (C=O) groups is 1. The van der Waals surface area contributed by atoms with Gasteiger partial charge in [-0.15, -0.1) is 0 Å². The Kier molecular flexibility index (Phi) is 5.98. The van der Waals surface area contributed by atoms with Crippen LogP contribution in [0.1, 0.15) is 62.6 Å². The van der Waals surface area contributed by atoms with Crippen LogP contribution in [-0.2, 0) is 4.79 Å². The van der Waals surface area contributed by atoms with Crippen LogP contribution < -0.4 is 10.6 Å². The van der Waals surface area contributed by atoms with E-state index in [1.165, 1.54) is 38.5 Å². The van der Waals surface area contributed by atoms with E-state index in [1.54, 1.807) is 6.20 Å². The molecule has 33 heavy (non-hydrogen) atoms. The SMILES string of the molecule is CC(N/C=C(/C#N)C(=O)NC(c1ccccc1)c1ccccc1)C12CC3CC(CC(C3)C1)C2. The summed E-state index contributed by atoms with van der Waals surface area (Å²) in [5, 5.41) is 16.3. The van der Waals surface area contributed by atoms with Crippen molar-refractivity contribution in [3.05, 3.63) is 83.6 Å². The number of hydrogen-bond donors (Lipinski definition) is 2. The van der Waals surface area contributed by atoms with Crippen LogP contribution in [0.3, 0.4) is 0 Å². The first-order valence-electron chi connectivity index (χ1n) is 12.3. The van der Waals surface area contributed by atoms with Crippen LogP contribution in [0.15, 0.2) is 72.4 Å². The molecule has 4 bridgehead atoms. The van der Waals surface area contributed by atoms with Crippen molar-refractivity contribution in [2.75, 3.05) is 0 Å². The molecular weight excluding hydrogens is 406 g/mol. The summed E-state index contributed by atoms with van der Waals surface area (Å²) in [6, 6.07) is 21.9. The van der Waals surface area contributed by atoms with Crippen LogP contribution in [0, 0.1) is 34.5 Å². The number of amides is 1. The number of rotatable bonds is 7. The highest BCUT2D eigenvalue weighted by molar-refractivity contribution is 5.97. The van der Waals surface area contributed by atoms with Crippen molar-refractivity contribution in [3.63, 3.8) is 0 Å². The molecule has 0 spiro atoms. The summed E-state index contributed by atoms with van der Waals surface area (Å²) >= 11 is 0. The summed E-state index contributed by atoms with van der Waals surface area (Å²) in [4.78, 5) is 13.1. The molecule has 1 unspecified atom stereocenters. The summed E-state index contributed by atoms with van der Waals surface area (Å²) < 4.78 is 0. The molecular formula is C29H33N3O. The summed E-state index contributed by atoms with van der Waals surface area (Å²) in [6.07, 6.45) is 9.76. The average Bonchev–Trinajstić information content (AvgIpc) is 2.83. The quantitative estimate of drug-likeness (QED) is 0.443. The lowest BCUT2D eigenvalue weighted by atomic mass is 9.48. The Bertz CT molecular complexity index is 978. The topological polar surface area (TPSA) is 64.9 Å². The molecule has 2 aromatic carbocycles. The highest BCUT2D eigenvalue weighted by atomic mass is 16.1. The molecule has 0 heterocycles. The molecule has 4 heteroatoms. The molecule has 0 aromatic heterocycles. The van der Waals surface area contributed by atoms with Crippen LogP contribution in [0.4, 0.5) is 0 Å². The van der Waals surface area contributed by atoms with E-state index < -0.39 is 0 Å². The lowest BCUT2D eigenvalue weighted by Gasteiger charge is -2.59. The number of carbonyl (C=O) groups excluding carboxylic acids is 1. The number of nitrogens with one attached hydrogen (secondary N) is 2. The molecule has 0 aliphatic heterocycles. The fourth-order valence-electron chi connectivity index (χ4n) is 7.10. The Balaban J connectivity index is 1.31. The minimum atomic E-state index is -0.347. The van der Waals surface area contributed by atoms with Gasteiger partial charge in [-0.25, -0.2) is 0 Å². The van der Waals surface area contributed by atoms with Gasteiger partial charge in [-0.05, 0) is 79.7 Å². The maximum absolute atomic E-state index is 13.1. The van der Waals surface area contributed by atoms with Gasteiger partial charge in [-0.2, -0.15) is 5.26 Å². The van der Waals surface area contributed by atoms with Gasteiger partial charge in [0.2, 0.25) is 0 Å². The van der Waals surface area contributed by atoms with Gasteiger partial charge in [0, 0.05) is 12.2 Å². The van der Waals surface area contributed by atoms with Gasteiger partial charge in [0.15, 0.2) is 0 Å². The standard InChI is InChI=1S/C29H33N3O/c1-20(29-15-21-12-22(16-29)14-23(13-21)17-29)31-19-26(18-30)28(33)32-27(24-8-4-2-5-9-24)25-10-6-3-7-11-25/h2-11,19-23,27,31H,12-17H2,1H3,(H,32,33)/b26-19-. The first-order valence-corrected chi connectivity index (χ1v) is 12.3. The van der Waals surface area contributed by atoms with Gasteiger partial charge in [0.1, 0.15) is 11.6 Å². The Morgan fingerprint density at radius 3 is 1.88 bits per heavy atom. The van der Waals surface area contributed by atoms with E-state index in [0.717, 1.165) is 28.9 Å². The van der Waals surface area contributed by atoms with Gasteiger partial charge in [-0.3, -0.25) is 4.79 Å². The third kappa shape index (κ3) is 4.42. The van der Waals surface area contributed by atoms with Crippen molar-refractivity contribution in [2.24, 2.45) is 23.2 Å². The Morgan fingerprint density at radius 1 is 0.939 bits per heavy atom. The molecule has 4 nitrogen and oxygen atoms in total. The minimum Gasteiger partial charge on any atom is -0.387 e. The van der Waals surface area contributed by atoms with E-state index in [9.17, 15) is 10.1 Å². The van der Waals surface area contributed by atoms with Gasteiger partial charge in [0.05, 0.1) is 6.04 Å². The van der Waals surface area contributed by atoms with Crippen LogP contribution >= 0.6 is 0 Å². The molecule has 6 rings (SSSR count). The molecule has 0 radical (unpaired) electrons. The van der Waals surface area contributed by atoms with Crippen LogP contribution in [-0.4, -0.2) is 11.9 Å². The van der Waals surface area contributed by atoms with Crippen molar-refractivity contribution in [1.29, 1.82) is 5.26 Å². The third-order valence-electron chi connectivity index (χ3n) is 8.39. The normalized spacial score (nSPS) is 28.9.